The number of rotatable bonds is 4. The lowest BCUT2D eigenvalue weighted by Gasteiger charge is -2.20. The number of hydrogen-bond donors (Lipinski definition) is 1. The van der Waals surface area contributed by atoms with Crippen LogP contribution in [0.25, 0.3) is 0 Å². The van der Waals surface area contributed by atoms with E-state index in [1.807, 2.05) is 0 Å². The molecule has 0 spiro atoms. The van der Waals surface area contributed by atoms with Gasteiger partial charge in [-0.15, -0.1) is 0 Å². The molecule has 0 saturated carbocycles. The molecule has 1 saturated heterocycles. The number of anilines is 1. The first-order valence-electron chi connectivity index (χ1n) is 7.44. The summed E-state index contributed by atoms with van der Waals surface area (Å²) in [5.74, 6) is 0. The smallest absolute Gasteiger partial charge is 0.0345 e. The van der Waals surface area contributed by atoms with Crippen LogP contribution in [0.5, 0.6) is 0 Å². The van der Waals surface area contributed by atoms with Gasteiger partial charge in [0.2, 0.25) is 0 Å². The van der Waals surface area contributed by atoms with Crippen LogP contribution < -0.4 is 5.32 Å². The lowest BCUT2D eigenvalue weighted by atomic mass is 10.1. The van der Waals surface area contributed by atoms with Crippen molar-refractivity contribution >= 4 is 21.6 Å². The predicted molar refractivity (Wildman–Crippen MR) is 86.9 cm³/mol. The van der Waals surface area contributed by atoms with Gasteiger partial charge in [0.15, 0.2) is 0 Å². The van der Waals surface area contributed by atoms with Gasteiger partial charge in [-0.05, 0) is 69.5 Å². The molecule has 0 radical (unpaired) electrons. The van der Waals surface area contributed by atoms with E-state index in [4.69, 9.17) is 0 Å². The van der Waals surface area contributed by atoms with Crippen LogP contribution in [0, 0.1) is 6.92 Å². The third-order valence-electron chi connectivity index (χ3n) is 3.89. The van der Waals surface area contributed by atoms with E-state index in [1.165, 1.54) is 61.0 Å². The Morgan fingerprint density at radius 3 is 2.89 bits per heavy atom. The summed E-state index contributed by atoms with van der Waals surface area (Å²) in [4.78, 5) is 2.61. The molecule has 1 atom stereocenters. The second kappa shape index (κ2) is 7.30. The molecule has 1 aromatic carbocycles. The Kier molecular flexibility index (Phi) is 5.71. The highest BCUT2D eigenvalue weighted by Crippen LogP contribution is 2.22. The molecule has 1 N–H and O–H groups in total. The van der Waals surface area contributed by atoms with Crippen LogP contribution in [-0.4, -0.2) is 30.6 Å². The highest BCUT2D eigenvalue weighted by atomic mass is 79.9. The van der Waals surface area contributed by atoms with E-state index in [1.54, 1.807) is 0 Å². The van der Waals surface area contributed by atoms with Gasteiger partial charge in [0.25, 0.3) is 0 Å². The van der Waals surface area contributed by atoms with E-state index < -0.39 is 0 Å². The summed E-state index contributed by atoms with van der Waals surface area (Å²) in [6.07, 6.45) is 5.13. The fourth-order valence-corrected chi connectivity index (χ4v) is 3.06. The van der Waals surface area contributed by atoms with Crippen molar-refractivity contribution in [1.82, 2.24) is 4.90 Å². The molecule has 0 bridgehead atoms. The van der Waals surface area contributed by atoms with Crippen LogP contribution in [-0.2, 0) is 0 Å². The minimum absolute atomic E-state index is 0.627. The van der Waals surface area contributed by atoms with Crippen LogP contribution in [0.3, 0.4) is 0 Å². The van der Waals surface area contributed by atoms with E-state index in [0.717, 1.165) is 0 Å². The highest BCUT2D eigenvalue weighted by molar-refractivity contribution is 9.10. The minimum Gasteiger partial charge on any atom is -0.382 e. The van der Waals surface area contributed by atoms with Crippen LogP contribution >= 0.6 is 15.9 Å². The molecular formula is C16H25BrN2. The molecule has 1 aromatic rings. The van der Waals surface area contributed by atoms with Gasteiger partial charge in [-0.3, -0.25) is 0 Å². The molecule has 1 aliphatic rings. The second-order valence-corrected chi connectivity index (χ2v) is 6.43. The first-order chi connectivity index (χ1) is 9.19. The zero-order valence-corrected chi connectivity index (χ0v) is 13.7. The SMILES string of the molecule is CCCN1CCCC(Nc2ccc(Br)c(C)c2)CC1. The van der Waals surface area contributed by atoms with E-state index in [-0.39, 0.29) is 0 Å². The van der Waals surface area contributed by atoms with Crippen LogP contribution in [0.1, 0.15) is 38.2 Å². The molecule has 1 unspecified atom stereocenters. The van der Waals surface area contributed by atoms with Crippen LogP contribution in [0.4, 0.5) is 5.69 Å². The molecule has 1 aliphatic heterocycles. The average molecular weight is 325 g/mol. The summed E-state index contributed by atoms with van der Waals surface area (Å²) in [5, 5.41) is 3.70. The Hall–Kier alpha value is -0.540. The fourth-order valence-electron chi connectivity index (χ4n) is 2.81. The van der Waals surface area contributed by atoms with Crippen molar-refractivity contribution in [3.8, 4) is 0 Å². The lowest BCUT2D eigenvalue weighted by Crippen LogP contribution is -2.27. The molecule has 0 aromatic heterocycles. The van der Waals surface area contributed by atoms with Gasteiger partial charge in [0, 0.05) is 22.7 Å². The zero-order chi connectivity index (χ0) is 13.7. The van der Waals surface area contributed by atoms with Crippen molar-refractivity contribution in [2.45, 2.75) is 45.6 Å². The Balaban J connectivity index is 1.90. The first-order valence-corrected chi connectivity index (χ1v) is 8.23. The Labute approximate surface area is 125 Å². The number of aryl methyl sites for hydroxylation is 1. The van der Waals surface area contributed by atoms with Gasteiger partial charge >= 0.3 is 0 Å². The molecule has 1 fully saturated rings. The number of nitrogens with zero attached hydrogens (tertiary/aromatic N) is 1. The van der Waals surface area contributed by atoms with E-state index in [0.29, 0.717) is 6.04 Å². The third kappa shape index (κ3) is 4.50. The molecule has 2 rings (SSSR count). The van der Waals surface area contributed by atoms with Gasteiger partial charge in [0.1, 0.15) is 0 Å². The number of likely N-dealkylation sites (tertiary alicyclic amines) is 1. The predicted octanol–water partition coefficient (Wildman–Crippen LogP) is 4.43. The van der Waals surface area contributed by atoms with Crippen molar-refractivity contribution in [3.05, 3.63) is 28.2 Å². The summed E-state index contributed by atoms with van der Waals surface area (Å²) in [7, 11) is 0. The number of benzene rings is 1. The summed E-state index contributed by atoms with van der Waals surface area (Å²) in [5.41, 5.74) is 2.56. The molecule has 2 nitrogen and oxygen atoms in total. The maximum absolute atomic E-state index is 3.70. The number of nitrogens with one attached hydrogen (secondary N) is 1. The van der Waals surface area contributed by atoms with E-state index in [9.17, 15) is 0 Å². The summed E-state index contributed by atoms with van der Waals surface area (Å²) >= 11 is 3.56. The van der Waals surface area contributed by atoms with Crippen molar-refractivity contribution < 1.29 is 0 Å². The van der Waals surface area contributed by atoms with Crippen LogP contribution in [0.2, 0.25) is 0 Å². The molecule has 19 heavy (non-hydrogen) atoms. The Morgan fingerprint density at radius 2 is 2.16 bits per heavy atom. The largest absolute Gasteiger partial charge is 0.382 e. The van der Waals surface area contributed by atoms with E-state index in [2.05, 4.69) is 58.2 Å². The third-order valence-corrected chi connectivity index (χ3v) is 4.78. The molecule has 0 aliphatic carbocycles. The normalized spacial score (nSPS) is 21.1. The number of hydrogen-bond acceptors (Lipinski definition) is 2. The molecule has 3 heteroatoms. The minimum atomic E-state index is 0.627. The second-order valence-electron chi connectivity index (χ2n) is 5.58. The van der Waals surface area contributed by atoms with Crippen molar-refractivity contribution in [3.63, 3.8) is 0 Å². The zero-order valence-electron chi connectivity index (χ0n) is 12.1. The molecule has 106 valence electrons. The topological polar surface area (TPSA) is 15.3 Å². The maximum atomic E-state index is 3.70. The Morgan fingerprint density at radius 1 is 1.32 bits per heavy atom. The van der Waals surface area contributed by atoms with Gasteiger partial charge in [-0.2, -0.15) is 0 Å². The summed E-state index contributed by atoms with van der Waals surface area (Å²) < 4.78 is 1.19. The first kappa shape index (κ1) is 14.9. The van der Waals surface area contributed by atoms with Crippen molar-refractivity contribution in [2.75, 3.05) is 25.0 Å². The van der Waals surface area contributed by atoms with Gasteiger partial charge in [0.05, 0.1) is 0 Å². The Bertz CT molecular complexity index is 406. The number of halogens is 1. The highest BCUT2D eigenvalue weighted by Gasteiger charge is 2.16. The quantitative estimate of drug-likeness (QED) is 0.881. The molecular weight excluding hydrogens is 300 g/mol. The monoisotopic (exact) mass is 324 g/mol. The summed E-state index contributed by atoms with van der Waals surface area (Å²) in [6.45, 7) is 8.17. The van der Waals surface area contributed by atoms with Gasteiger partial charge in [-0.1, -0.05) is 22.9 Å². The fraction of sp³-hybridized carbons (Fsp3) is 0.625. The molecule has 0 amide bonds. The molecule has 1 heterocycles. The van der Waals surface area contributed by atoms with Gasteiger partial charge < -0.3 is 10.2 Å². The standard InChI is InChI=1S/C16H25BrN2/c1-3-9-19-10-4-5-14(8-11-19)18-15-6-7-16(17)13(2)12-15/h6-7,12,14,18H,3-5,8-11H2,1-2H3. The average Bonchev–Trinajstić information content (AvgIpc) is 2.60. The van der Waals surface area contributed by atoms with Crippen LogP contribution in [0.15, 0.2) is 22.7 Å². The van der Waals surface area contributed by atoms with Gasteiger partial charge in [-0.25, -0.2) is 0 Å². The van der Waals surface area contributed by atoms with E-state index >= 15 is 0 Å². The van der Waals surface area contributed by atoms with Crippen molar-refractivity contribution in [1.29, 1.82) is 0 Å². The summed E-state index contributed by atoms with van der Waals surface area (Å²) in [6, 6.07) is 7.17. The van der Waals surface area contributed by atoms with Crippen molar-refractivity contribution in [2.24, 2.45) is 0 Å². The maximum Gasteiger partial charge on any atom is 0.0345 e. The lowest BCUT2D eigenvalue weighted by molar-refractivity contribution is 0.285.